The summed E-state index contributed by atoms with van der Waals surface area (Å²) >= 11 is 3.38. The fraction of sp³-hybridized carbons (Fsp3) is 0.154. The molecule has 0 N–H and O–H groups in total. The summed E-state index contributed by atoms with van der Waals surface area (Å²) in [7, 11) is 0. The molecule has 82 valence electrons. The maximum atomic E-state index is 5.63. The smallest absolute Gasteiger partial charge is 0.219 e. The zero-order valence-corrected chi connectivity index (χ0v) is 10.6. The lowest BCUT2D eigenvalue weighted by atomic mass is 10.2. The normalized spacial score (nSPS) is 10.1. The molecule has 0 aliphatic heterocycles. The molecule has 1 aromatic heterocycles. The highest BCUT2D eigenvalue weighted by atomic mass is 79.9. The number of alkyl halides is 1. The molecule has 2 rings (SSSR count). The van der Waals surface area contributed by atoms with Crippen LogP contribution >= 0.6 is 15.9 Å². The minimum atomic E-state index is 0.621. The SMILES string of the molecule is Cc1cccc(Oc2ccc(CBr)cn2)c1. The number of hydrogen-bond donors (Lipinski definition) is 0. The number of aromatic nitrogens is 1. The van der Waals surface area contributed by atoms with Crippen molar-refractivity contribution >= 4 is 15.9 Å². The van der Waals surface area contributed by atoms with Crippen LogP contribution in [0.15, 0.2) is 42.6 Å². The first-order valence-electron chi connectivity index (χ1n) is 5.03. The van der Waals surface area contributed by atoms with E-state index in [-0.39, 0.29) is 0 Å². The Bertz CT molecular complexity index is 468. The van der Waals surface area contributed by atoms with Gasteiger partial charge in [0.15, 0.2) is 0 Å². The lowest BCUT2D eigenvalue weighted by molar-refractivity contribution is 0.462. The van der Waals surface area contributed by atoms with E-state index in [1.54, 1.807) is 6.20 Å². The molecular weight excluding hydrogens is 266 g/mol. The average molecular weight is 278 g/mol. The van der Waals surface area contributed by atoms with Gasteiger partial charge in [-0.2, -0.15) is 0 Å². The van der Waals surface area contributed by atoms with E-state index < -0.39 is 0 Å². The molecule has 0 saturated heterocycles. The Labute approximate surface area is 103 Å². The topological polar surface area (TPSA) is 22.1 Å². The number of ether oxygens (including phenoxy) is 1. The van der Waals surface area contributed by atoms with E-state index in [9.17, 15) is 0 Å². The highest BCUT2D eigenvalue weighted by Gasteiger charge is 1.98. The van der Waals surface area contributed by atoms with Gasteiger partial charge in [0.05, 0.1) is 0 Å². The number of aryl methyl sites for hydroxylation is 1. The van der Waals surface area contributed by atoms with Gasteiger partial charge in [0, 0.05) is 17.6 Å². The first-order valence-corrected chi connectivity index (χ1v) is 6.15. The summed E-state index contributed by atoms with van der Waals surface area (Å²) in [6.07, 6.45) is 1.81. The van der Waals surface area contributed by atoms with E-state index in [4.69, 9.17) is 4.74 Å². The molecule has 0 aliphatic rings. The molecule has 0 radical (unpaired) electrons. The monoisotopic (exact) mass is 277 g/mol. The highest BCUT2D eigenvalue weighted by Crippen LogP contribution is 2.20. The molecule has 1 heterocycles. The Morgan fingerprint density at radius 3 is 2.75 bits per heavy atom. The fourth-order valence-electron chi connectivity index (χ4n) is 1.35. The number of rotatable bonds is 3. The van der Waals surface area contributed by atoms with Gasteiger partial charge in [-0.1, -0.05) is 34.1 Å². The van der Waals surface area contributed by atoms with Crippen molar-refractivity contribution in [3.8, 4) is 11.6 Å². The standard InChI is InChI=1S/C13H12BrNO/c1-10-3-2-4-12(7-10)16-13-6-5-11(8-14)9-15-13/h2-7,9H,8H2,1H3. The minimum Gasteiger partial charge on any atom is -0.439 e. The van der Waals surface area contributed by atoms with Crippen LogP contribution in [0.5, 0.6) is 11.6 Å². The van der Waals surface area contributed by atoms with E-state index in [0.717, 1.165) is 16.6 Å². The van der Waals surface area contributed by atoms with Gasteiger partial charge in [-0.3, -0.25) is 0 Å². The molecular formula is C13H12BrNO. The predicted octanol–water partition coefficient (Wildman–Crippen LogP) is 4.08. The Kier molecular flexibility index (Phi) is 3.57. The van der Waals surface area contributed by atoms with Crippen molar-refractivity contribution in [1.82, 2.24) is 4.98 Å². The lowest BCUT2D eigenvalue weighted by Gasteiger charge is -2.05. The van der Waals surface area contributed by atoms with Crippen LogP contribution in [0.3, 0.4) is 0 Å². The van der Waals surface area contributed by atoms with Gasteiger partial charge < -0.3 is 4.74 Å². The maximum Gasteiger partial charge on any atom is 0.219 e. The van der Waals surface area contributed by atoms with Crippen LogP contribution in [0.1, 0.15) is 11.1 Å². The molecule has 2 nitrogen and oxygen atoms in total. The Morgan fingerprint density at radius 2 is 2.12 bits per heavy atom. The van der Waals surface area contributed by atoms with E-state index >= 15 is 0 Å². The number of halogens is 1. The first kappa shape index (κ1) is 11.1. The highest BCUT2D eigenvalue weighted by molar-refractivity contribution is 9.08. The first-order chi connectivity index (χ1) is 7.78. The Balaban J connectivity index is 2.14. The molecule has 0 saturated carbocycles. The van der Waals surface area contributed by atoms with Crippen molar-refractivity contribution in [2.45, 2.75) is 12.3 Å². The molecule has 3 heteroatoms. The van der Waals surface area contributed by atoms with Gasteiger partial charge in [0.25, 0.3) is 0 Å². The van der Waals surface area contributed by atoms with Gasteiger partial charge in [0.1, 0.15) is 5.75 Å². The zero-order valence-electron chi connectivity index (χ0n) is 8.98. The van der Waals surface area contributed by atoms with Crippen LogP contribution in [0.25, 0.3) is 0 Å². The molecule has 0 amide bonds. The third-order valence-electron chi connectivity index (χ3n) is 2.16. The number of benzene rings is 1. The third-order valence-corrected chi connectivity index (χ3v) is 2.81. The molecule has 0 atom stereocenters. The Hall–Kier alpha value is -1.35. The summed E-state index contributed by atoms with van der Waals surface area (Å²) in [5.74, 6) is 1.44. The van der Waals surface area contributed by atoms with Gasteiger partial charge in [-0.15, -0.1) is 0 Å². The van der Waals surface area contributed by atoms with Crippen molar-refractivity contribution in [2.24, 2.45) is 0 Å². The third kappa shape index (κ3) is 2.83. The van der Waals surface area contributed by atoms with E-state index in [0.29, 0.717) is 5.88 Å². The number of hydrogen-bond acceptors (Lipinski definition) is 2. The average Bonchev–Trinajstić information content (AvgIpc) is 2.30. The predicted molar refractivity (Wildman–Crippen MR) is 68.1 cm³/mol. The minimum absolute atomic E-state index is 0.621. The van der Waals surface area contributed by atoms with Crippen molar-refractivity contribution in [2.75, 3.05) is 0 Å². The second-order valence-corrected chi connectivity index (χ2v) is 4.12. The summed E-state index contributed by atoms with van der Waals surface area (Å²) < 4.78 is 5.63. The summed E-state index contributed by atoms with van der Waals surface area (Å²) in [6, 6.07) is 11.8. The van der Waals surface area contributed by atoms with Crippen LogP contribution in [0.4, 0.5) is 0 Å². The van der Waals surface area contributed by atoms with Crippen LogP contribution in [-0.4, -0.2) is 4.98 Å². The quantitative estimate of drug-likeness (QED) is 0.789. The second-order valence-electron chi connectivity index (χ2n) is 3.56. The van der Waals surface area contributed by atoms with Crippen molar-refractivity contribution in [3.05, 3.63) is 53.7 Å². The van der Waals surface area contributed by atoms with Gasteiger partial charge in [0.2, 0.25) is 5.88 Å². The lowest BCUT2D eigenvalue weighted by Crippen LogP contribution is -1.89. The molecule has 0 fully saturated rings. The van der Waals surface area contributed by atoms with Crippen molar-refractivity contribution < 1.29 is 4.74 Å². The van der Waals surface area contributed by atoms with Crippen molar-refractivity contribution in [1.29, 1.82) is 0 Å². The Morgan fingerprint density at radius 1 is 1.25 bits per heavy atom. The molecule has 0 aliphatic carbocycles. The molecule has 0 bridgehead atoms. The molecule has 2 aromatic rings. The summed E-state index contributed by atoms with van der Waals surface area (Å²) in [4.78, 5) is 4.22. The maximum absolute atomic E-state index is 5.63. The van der Waals surface area contributed by atoms with E-state index in [1.165, 1.54) is 5.56 Å². The molecule has 1 aromatic carbocycles. The number of pyridine rings is 1. The van der Waals surface area contributed by atoms with E-state index in [1.807, 2.05) is 43.3 Å². The van der Waals surface area contributed by atoms with Gasteiger partial charge >= 0.3 is 0 Å². The second kappa shape index (κ2) is 5.12. The summed E-state index contributed by atoms with van der Waals surface area (Å²) in [5.41, 5.74) is 2.31. The van der Waals surface area contributed by atoms with Crippen molar-refractivity contribution in [3.63, 3.8) is 0 Å². The van der Waals surface area contributed by atoms with Crippen LogP contribution < -0.4 is 4.74 Å². The van der Waals surface area contributed by atoms with Crippen LogP contribution in [-0.2, 0) is 5.33 Å². The van der Waals surface area contributed by atoms with Gasteiger partial charge in [-0.25, -0.2) is 4.98 Å². The molecule has 0 spiro atoms. The summed E-state index contributed by atoms with van der Waals surface area (Å²) in [5, 5.41) is 0.810. The van der Waals surface area contributed by atoms with Crippen LogP contribution in [0.2, 0.25) is 0 Å². The van der Waals surface area contributed by atoms with Crippen LogP contribution in [0, 0.1) is 6.92 Å². The zero-order chi connectivity index (χ0) is 11.4. The molecule has 16 heavy (non-hydrogen) atoms. The van der Waals surface area contributed by atoms with E-state index in [2.05, 4.69) is 20.9 Å². The fourth-order valence-corrected chi connectivity index (χ4v) is 1.68. The number of nitrogens with zero attached hydrogens (tertiary/aromatic N) is 1. The van der Waals surface area contributed by atoms with Gasteiger partial charge in [-0.05, 0) is 30.2 Å². The molecule has 0 unspecified atom stereocenters. The largest absolute Gasteiger partial charge is 0.439 e. The summed E-state index contributed by atoms with van der Waals surface area (Å²) in [6.45, 7) is 2.04.